The fourth-order valence-corrected chi connectivity index (χ4v) is 5.98. The lowest BCUT2D eigenvalue weighted by molar-refractivity contribution is -0.0753. The fraction of sp³-hybridized carbons (Fsp3) is 0.280. The number of ether oxygens (including phenoxy) is 3. The number of carbonyl (C=O) groups excluding carboxylic acids is 2. The predicted octanol–water partition coefficient (Wildman–Crippen LogP) is 8.21. The summed E-state index contributed by atoms with van der Waals surface area (Å²) in [7, 11) is 7.84. The van der Waals surface area contributed by atoms with E-state index in [1.165, 1.54) is 29.8 Å². The number of carbonyl (C=O) groups is 2. The number of hydrogen-bond acceptors (Lipinski definition) is 8. The summed E-state index contributed by atoms with van der Waals surface area (Å²) in [6.45, 7) is 2.78. The molecular weight excluding hydrogens is 616 g/mol. The van der Waals surface area contributed by atoms with E-state index in [-0.39, 0.29) is 18.3 Å². The minimum absolute atomic E-state index is 0. The summed E-state index contributed by atoms with van der Waals surface area (Å²) in [6.07, 6.45) is 0. The summed E-state index contributed by atoms with van der Waals surface area (Å²) in [5.74, 6) is 1.20. The number of fused-ring (bicyclic) bond motifs is 2. The molecule has 2 aromatic carbocycles. The molecule has 0 fully saturated rings. The van der Waals surface area contributed by atoms with Gasteiger partial charge < -0.3 is 14.2 Å². The average molecular weight is 643 g/mol. The van der Waals surface area contributed by atoms with E-state index in [9.17, 15) is 9.59 Å². The number of methoxy groups -OCH3 is 3. The van der Waals surface area contributed by atoms with Crippen LogP contribution in [0.1, 0.15) is 26.3 Å². The van der Waals surface area contributed by atoms with Gasteiger partial charge in [0.2, 0.25) is 0 Å². The molecule has 208 valence electrons. The van der Waals surface area contributed by atoms with Crippen molar-refractivity contribution in [2.75, 3.05) is 42.1 Å². The van der Waals surface area contributed by atoms with E-state index >= 15 is 0 Å². The molecule has 4 aromatic rings. The van der Waals surface area contributed by atoms with Crippen molar-refractivity contribution < 1.29 is 28.6 Å². The Labute approximate surface area is 250 Å². The number of halogens is 4. The summed E-state index contributed by atoms with van der Waals surface area (Å²) in [4.78, 5) is 28.8. The topological polar surface area (TPSA) is 74.3 Å². The zero-order valence-electron chi connectivity index (χ0n) is 21.4. The molecule has 4 rings (SSSR count). The van der Waals surface area contributed by atoms with Crippen molar-refractivity contribution in [2.45, 2.75) is 6.92 Å². The third-order valence-electron chi connectivity index (χ3n) is 4.89. The maximum Gasteiger partial charge on any atom is 0.288 e. The Morgan fingerprint density at radius 2 is 1.26 bits per heavy atom. The van der Waals surface area contributed by atoms with Crippen LogP contribution >= 0.6 is 69.9 Å². The van der Waals surface area contributed by atoms with Crippen LogP contribution in [0.3, 0.4) is 0 Å². The van der Waals surface area contributed by atoms with Gasteiger partial charge in [-0.05, 0) is 54.9 Å². The van der Waals surface area contributed by atoms with E-state index in [0.29, 0.717) is 19.8 Å². The maximum atomic E-state index is 12.0. The predicted molar refractivity (Wildman–Crippen MR) is 161 cm³/mol. The molecule has 0 aliphatic rings. The van der Waals surface area contributed by atoms with Crippen molar-refractivity contribution in [3.63, 3.8) is 0 Å². The molecule has 1 amide bonds. The van der Waals surface area contributed by atoms with Crippen LogP contribution in [0.4, 0.5) is 0 Å². The Morgan fingerprint density at radius 1 is 0.842 bits per heavy atom. The number of thiophene rings is 2. The van der Waals surface area contributed by atoms with Crippen molar-refractivity contribution >= 4 is 101 Å². The molecule has 0 saturated carbocycles. The summed E-state index contributed by atoms with van der Waals surface area (Å²) in [5.41, 5.74) is 0. The zero-order valence-corrected chi connectivity index (χ0v) is 26.1. The van der Waals surface area contributed by atoms with Crippen LogP contribution in [0.5, 0.6) is 11.5 Å². The molecule has 2 aromatic heterocycles. The monoisotopic (exact) mass is 641 g/mol. The average Bonchev–Trinajstić information content (AvgIpc) is 3.43. The highest BCUT2D eigenvalue weighted by atomic mass is 35.5. The van der Waals surface area contributed by atoms with Crippen LogP contribution in [-0.4, -0.2) is 58.3 Å². The number of benzene rings is 2. The summed E-state index contributed by atoms with van der Waals surface area (Å²) in [6, 6.07) is 11.0. The Bertz CT molecular complexity index is 1370. The van der Waals surface area contributed by atoms with Crippen LogP contribution in [0.15, 0.2) is 36.4 Å². The molecule has 38 heavy (non-hydrogen) atoms. The second-order valence-corrected chi connectivity index (χ2v) is 10.3. The molecular formula is C25H27Cl4NO6S2. The second-order valence-electron chi connectivity index (χ2n) is 7.05. The highest BCUT2D eigenvalue weighted by molar-refractivity contribution is 7.23. The summed E-state index contributed by atoms with van der Waals surface area (Å²) >= 11 is 20.2. The lowest BCUT2D eigenvalue weighted by Crippen LogP contribution is -2.24. The third-order valence-corrected chi connectivity index (χ3v) is 8.50. The SMILES string of the molecule is CCOC.COc1ccc2c(Cl)c(C(=O)Cl)sc2c1.COc1ccc2c(Cl)c(C(=O)N(C)OC)sc2c1.Cl. The maximum absolute atomic E-state index is 12.0. The van der Waals surface area contributed by atoms with Crippen molar-refractivity contribution in [1.29, 1.82) is 0 Å². The Kier molecular flexibility index (Phi) is 14.7. The van der Waals surface area contributed by atoms with Gasteiger partial charge in [-0.3, -0.25) is 14.4 Å². The first-order valence-electron chi connectivity index (χ1n) is 10.7. The lowest BCUT2D eigenvalue weighted by Gasteiger charge is -2.12. The molecule has 13 heteroatoms. The van der Waals surface area contributed by atoms with Gasteiger partial charge in [0, 0.05) is 40.9 Å². The molecule has 0 radical (unpaired) electrons. The number of hydroxylamine groups is 2. The molecule has 0 spiro atoms. The Morgan fingerprint density at radius 3 is 1.63 bits per heavy atom. The molecule has 0 aliphatic carbocycles. The number of rotatable bonds is 6. The van der Waals surface area contributed by atoms with E-state index in [1.807, 2.05) is 37.3 Å². The molecule has 0 aliphatic heterocycles. The largest absolute Gasteiger partial charge is 0.497 e. The number of nitrogens with zero attached hydrogens (tertiary/aromatic N) is 1. The van der Waals surface area contributed by atoms with Crippen LogP contribution in [0.25, 0.3) is 20.2 Å². The van der Waals surface area contributed by atoms with Gasteiger partial charge in [-0.15, -0.1) is 35.1 Å². The molecule has 0 atom stereocenters. The second kappa shape index (κ2) is 16.3. The van der Waals surface area contributed by atoms with Gasteiger partial charge >= 0.3 is 0 Å². The molecule has 0 bridgehead atoms. The molecule has 0 N–H and O–H groups in total. The van der Waals surface area contributed by atoms with Crippen molar-refractivity contribution in [3.05, 3.63) is 56.2 Å². The van der Waals surface area contributed by atoms with E-state index in [0.717, 1.165) is 43.3 Å². The Hall–Kier alpha value is -1.82. The highest BCUT2D eigenvalue weighted by Crippen LogP contribution is 2.39. The van der Waals surface area contributed by atoms with E-state index < -0.39 is 5.24 Å². The Balaban J connectivity index is 0.000000329. The minimum atomic E-state index is -0.528. The molecule has 0 saturated heterocycles. The van der Waals surface area contributed by atoms with Crippen LogP contribution in [0, 0.1) is 0 Å². The number of hydrogen-bond donors (Lipinski definition) is 0. The highest BCUT2D eigenvalue weighted by Gasteiger charge is 2.20. The van der Waals surface area contributed by atoms with Gasteiger partial charge in [0.1, 0.15) is 21.3 Å². The summed E-state index contributed by atoms with van der Waals surface area (Å²) in [5, 5.41) is 3.15. The minimum Gasteiger partial charge on any atom is -0.497 e. The normalized spacial score (nSPS) is 10.0. The van der Waals surface area contributed by atoms with Crippen LogP contribution < -0.4 is 9.47 Å². The number of amides is 1. The van der Waals surface area contributed by atoms with Gasteiger partial charge in [-0.25, -0.2) is 5.06 Å². The first kappa shape index (κ1) is 34.2. The molecule has 2 heterocycles. The first-order valence-corrected chi connectivity index (χ1v) is 13.4. The van der Waals surface area contributed by atoms with Crippen LogP contribution in [-0.2, 0) is 9.57 Å². The van der Waals surface area contributed by atoms with Crippen molar-refractivity contribution in [1.82, 2.24) is 5.06 Å². The van der Waals surface area contributed by atoms with Gasteiger partial charge in [0.25, 0.3) is 11.1 Å². The van der Waals surface area contributed by atoms with Crippen molar-refractivity contribution in [3.8, 4) is 11.5 Å². The quantitative estimate of drug-likeness (QED) is 0.156. The molecule has 7 nitrogen and oxygen atoms in total. The molecule has 0 unspecified atom stereocenters. The van der Waals surface area contributed by atoms with Gasteiger partial charge in [-0.1, -0.05) is 23.2 Å². The van der Waals surface area contributed by atoms with E-state index in [2.05, 4.69) is 4.74 Å². The fourth-order valence-electron chi connectivity index (χ4n) is 2.83. The standard InChI is InChI=1S/C12H12ClNO3S.C10H6Cl2O2S.C3H8O.ClH/c1-14(17-3)12(15)11-10(13)8-5-4-7(16-2)6-9(8)18-11;1-14-5-2-3-6-7(4-5)15-9(8(6)11)10(12)13;1-3-4-2;/h4-6H,1-3H3;2-4H,1H3;3H2,1-2H3;1H. The van der Waals surface area contributed by atoms with Crippen molar-refractivity contribution in [2.24, 2.45) is 0 Å². The van der Waals surface area contributed by atoms with E-state index in [4.69, 9.17) is 49.1 Å². The smallest absolute Gasteiger partial charge is 0.288 e. The van der Waals surface area contributed by atoms with Gasteiger partial charge in [0.05, 0.1) is 31.4 Å². The first-order chi connectivity index (χ1) is 17.6. The van der Waals surface area contributed by atoms with Gasteiger partial charge in [0.15, 0.2) is 0 Å². The zero-order chi connectivity index (χ0) is 27.7. The lowest BCUT2D eigenvalue weighted by atomic mass is 10.2. The van der Waals surface area contributed by atoms with E-state index in [1.54, 1.807) is 34.4 Å². The third kappa shape index (κ3) is 8.34. The van der Waals surface area contributed by atoms with Gasteiger partial charge in [-0.2, -0.15) is 0 Å². The summed E-state index contributed by atoms with van der Waals surface area (Å²) < 4.78 is 16.6. The van der Waals surface area contributed by atoms with Crippen LogP contribution in [0.2, 0.25) is 10.0 Å².